The van der Waals surface area contributed by atoms with Crippen LogP contribution in [0.2, 0.25) is 0 Å². The van der Waals surface area contributed by atoms with E-state index in [0.717, 1.165) is 25.8 Å². The second-order valence-corrected chi connectivity index (χ2v) is 3.69. The molecule has 3 heteroatoms. The van der Waals surface area contributed by atoms with Gasteiger partial charge in [0.1, 0.15) is 6.04 Å². The third kappa shape index (κ3) is 0.872. The Bertz CT molecular complexity index is 187. The summed E-state index contributed by atoms with van der Waals surface area (Å²) < 4.78 is 0. The zero-order valence-electron chi connectivity index (χ0n) is 6.47. The summed E-state index contributed by atoms with van der Waals surface area (Å²) >= 11 is 0. The fourth-order valence-electron chi connectivity index (χ4n) is 2.35. The Balaban J connectivity index is 2.13. The van der Waals surface area contributed by atoms with Crippen molar-refractivity contribution in [3.63, 3.8) is 0 Å². The van der Waals surface area contributed by atoms with Crippen molar-refractivity contribution in [1.29, 1.82) is 0 Å². The average Bonchev–Trinajstić information content (AvgIpc) is 2.27. The molecule has 0 aromatic rings. The lowest BCUT2D eigenvalue weighted by Gasteiger charge is -2.41. The first-order valence-electron chi connectivity index (χ1n) is 4.21. The van der Waals surface area contributed by atoms with Gasteiger partial charge in [0, 0.05) is 0 Å². The van der Waals surface area contributed by atoms with Crippen LogP contribution in [0.3, 0.4) is 0 Å². The van der Waals surface area contributed by atoms with E-state index in [9.17, 15) is 4.79 Å². The third-order valence-electron chi connectivity index (χ3n) is 3.18. The van der Waals surface area contributed by atoms with E-state index in [1.807, 2.05) is 0 Å². The van der Waals surface area contributed by atoms with Crippen LogP contribution < -0.4 is 5.32 Å². The van der Waals surface area contributed by atoms with Crippen molar-refractivity contribution in [2.24, 2.45) is 5.41 Å². The van der Waals surface area contributed by atoms with Crippen LogP contribution in [-0.2, 0) is 4.79 Å². The number of carboxylic acid groups (broad SMARTS) is 1. The standard InChI is InChI=1S/C8H13NO2/c10-7(11)6-8(2-1-3-8)4-5-9-6/h6,9H,1-5H2,(H,10,11). The van der Waals surface area contributed by atoms with Crippen LogP contribution in [0, 0.1) is 5.41 Å². The van der Waals surface area contributed by atoms with Gasteiger partial charge in [-0.2, -0.15) is 0 Å². The Morgan fingerprint density at radius 1 is 1.45 bits per heavy atom. The zero-order chi connectivity index (χ0) is 7.90. The molecular formula is C8H13NO2. The summed E-state index contributed by atoms with van der Waals surface area (Å²) in [4.78, 5) is 10.7. The Morgan fingerprint density at radius 3 is 2.55 bits per heavy atom. The minimum atomic E-state index is -0.665. The van der Waals surface area contributed by atoms with E-state index in [0.29, 0.717) is 0 Å². The molecule has 1 heterocycles. The van der Waals surface area contributed by atoms with Gasteiger partial charge in [0.25, 0.3) is 0 Å². The number of hydrogen-bond acceptors (Lipinski definition) is 2. The van der Waals surface area contributed by atoms with Gasteiger partial charge < -0.3 is 10.4 Å². The van der Waals surface area contributed by atoms with E-state index in [1.54, 1.807) is 0 Å². The third-order valence-corrected chi connectivity index (χ3v) is 3.18. The molecule has 1 saturated heterocycles. The molecule has 62 valence electrons. The Morgan fingerprint density at radius 2 is 2.18 bits per heavy atom. The van der Waals surface area contributed by atoms with Crippen molar-refractivity contribution in [3.8, 4) is 0 Å². The first-order chi connectivity index (χ1) is 5.25. The number of aliphatic carboxylic acids is 1. The van der Waals surface area contributed by atoms with Gasteiger partial charge in [-0.3, -0.25) is 4.79 Å². The van der Waals surface area contributed by atoms with Gasteiger partial charge in [0.05, 0.1) is 0 Å². The van der Waals surface area contributed by atoms with Gasteiger partial charge in [-0.25, -0.2) is 0 Å². The lowest BCUT2D eigenvalue weighted by atomic mass is 9.64. The summed E-state index contributed by atoms with van der Waals surface area (Å²) in [5.41, 5.74) is 0.145. The van der Waals surface area contributed by atoms with Crippen molar-refractivity contribution < 1.29 is 9.90 Å². The molecule has 1 aliphatic carbocycles. The summed E-state index contributed by atoms with van der Waals surface area (Å²) in [7, 11) is 0. The smallest absolute Gasteiger partial charge is 0.321 e. The van der Waals surface area contributed by atoms with Crippen LogP contribution in [0.1, 0.15) is 25.7 Å². The van der Waals surface area contributed by atoms with Gasteiger partial charge >= 0.3 is 5.97 Å². The van der Waals surface area contributed by atoms with E-state index < -0.39 is 5.97 Å². The molecule has 1 spiro atoms. The first-order valence-corrected chi connectivity index (χ1v) is 4.21. The molecule has 0 aromatic carbocycles. The maximum atomic E-state index is 10.7. The van der Waals surface area contributed by atoms with Crippen LogP contribution in [0.25, 0.3) is 0 Å². The zero-order valence-corrected chi connectivity index (χ0v) is 6.47. The lowest BCUT2D eigenvalue weighted by Crippen LogP contribution is -2.46. The molecule has 0 amide bonds. The summed E-state index contributed by atoms with van der Waals surface area (Å²) in [5, 5.41) is 11.9. The minimum absolute atomic E-state index is 0.145. The number of carboxylic acids is 1. The van der Waals surface area contributed by atoms with Gasteiger partial charge in [-0.05, 0) is 31.2 Å². The molecule has 2 aliphatic rings. The number of carbonyl (C=O) groups is 1. The highest BCUT2D eigenvalue weighted by atomic mass is 16.4. The molecule has 1 atom stereocenters. The Hall–Kier alpha value is -0.570. The van der Waals surface area contributed by atoms with E-state index in [4.69, 9.17) is 5.11 Å². The second-order valence-electron chi connectivity index (χ2n) is 3.69. The fourth-order valence-corrected chi connectivity index (χ4v) is 2.35. The molecule has 0 bridgehead atoms. The molecule has 2 fully saturated rings. The highest BCUT2D eigenvalue weighted by Crippen LogP contribution is 2.49. The fraction of sp³-hybridized carbons (Fsp3) is 0.875. The highest BCUT2D eigenvalue weighted by molar-refractivity contribution is 5.75. The largest absolute Gasteiger partial charge is 0.480 e. The van der Waals surface area contributed by atoms with E-state index >= 15 is 0 Å². The predicted octanol–water partition coefficient (Wildman–Crippen LogP) is 0.603. The normalized spacial score (nSPS) is 33.6. The summed E-state index contributed by atoms with van der Waals surface area (Å²) in [6, 6.07) is -0.253. The molecule has 1 saturated carbocycles. The van der Waals surface area contributed by atoms with Crippen molar-refractivity contribution in [3.05, 3.63) is 0 Å². The van der Waals surface area contributed by atoms with Crippen molar-refractivity contribution in [2.45, 2.75) is 31.7 Å². The van der Waals surface area contributed by atoms with Crippen LogP contribution in [0.15, 0.2) is 0 Å². The molecule has 3 nitrogen and oxygen atoms in total. The molecule has 0 radical (unpaired) electrons. The van der Waals surface area contributed by atoms with Crippen molar-refractivity contribution in [2.75, 3.05) is 6.54 Å². The summed E-state index contributed by atoms with van der Waals surface area (Å²) in [5.74, 6) is -0.665. The molecule has 1 aliphatic heterocycles. The summed E-state index contributed by atoms with van der Waals surface area (Å²) in [6.07, 6.45) is 4.49. The predicted molar refractivity (Wildman–Crippen MR) is 40.3 cm³/mol. The quantitative estimate of drug-likeness (QED) is 0.583. The molecule has 2 N–H and O–H groups in total. The van der Waals surface area contributed by atoms with Crippen LogP contribution >= 0.6 is 0 Å². The van der Waals surface area contributed by atoms with Gasteiger partial charge in [0.2, 0.25) is 0 Å². The lowest BCUT2D eigenvalue weighted by molar-refractivity contribution is -0.143. The van der Waals surface area contributed by atoms with E-state index in [-0.39, 0.29) is 11.5 Å². The summed E-state index contributed by atoms with van der Waals surface area (Å²) in [6.45, 7) is 0.886. The second kappa shape index (κ2) is 2.21. The van der Waals surface area contributed by atoms with Crippen molar-refractivity contribution >= 4 is 5.97 Å². The van der Waals surface area contributed by atoms with E-state index in [2.05, 4.69) is 5.32 Å². The van der Waals surface area contributed by atoms with Gasteiger partial charge in [-0.15, -0.1) is 0 Å². The van der Waals surface area contributed by atoms with Gasteiger partial charge in [-0.1, -0.05) is 6.42 Å². The van der Waals surface area contributed by atoms with Crippen molar-refractivity contribution in [1.82, 2.24) is 5.32 Å². The molecule has 11 heavy (non-hydrogen) atoms. The number of rotatable bonds is 1. The molecule has 0 aromatic heterocycles. The highest BCUT2D eigenvalue weighted by Gasteiger charge is 2.50. The maximum absolute atomic E-state index is 10.7. The maximum Gasteiger partial charge on any atom is 0.321 e. The SMILES string of the molecule is O=C(O)C1NCCC12CCC2. The minimum Gasteiger partial charge on any atom is -0.480 e. The monoisotopic (exact) mass is 155 g/mol. The topological polar surface area (TPSA) is 49.3 Å². The molecule has 2 rings (SSSR count). The van der Waals surface area contributed by atoms with E-state index in [1.165, 1.54) is 6.42 Å². The number of nitrogens with one attached hydrogen (secondary N) is 1. The van der Waals surface area contributed by atoms with Gasteiger partial charge in [0.15, 0.2) is 0 Å². The first kappa shape index (κ1) is 7.10. The Kier molecular flexibility index (Phi) is 1.42. The number of hydrogen-bond donors (Lipinski definition) is 2. The molecular weight excluding hydrogens is 142 g/mol. The molecule has 1 unspecified atom stereocenters. The average molecular weight is 155 g/mol. The van der Waals surface area contributed by atoms with Crippen LogP contribution in [0.4, 0.5) is 0 Å². The van der Waals surface area contributed by atoms with Crippen LogP contribution in [0.5, 0.6) is 0 Å². The van der Waals surface area contributed by atoms with Crippen LogP contribution in [-0.4, -0.2) is 23.7 Å². The Labute approximate surface area is 65.8 Å².